The van der Waals surface area contributed by atoms with E-state index in [1.54, 1.807) is 13.8 Å². The summed E-state index contributed by atoms with van der Waals surface area (Å²) in [6, 6.07) is 0. The topological polar surface area (TPSA) is 103 Å². The minimum atomic E-state index is -0.638. The van der Waals surface area contributed by atoms with E-state index in [0.717, 1.165) is 19.3 Å². The molecule has 0 atom stereocenters. The first kappa shape index (κ1) is 19.9. The van der Waals surface area contributed by atoms with E-state index in [1.807, 2.05) is 0 Å². The number of nitrogens with one attached hydrogen (secondary N) is 1. The fourth-order valence-corrected chi connectivity index (χ4v) is 3.40. The van der Waals surface area contributed by atoms with Crippen LogP contribution in [0.1, 0.15) is 55.1 Å². The Bertz CT molecular complexity index is 970. The third kappa shape index (κ3) is 4.32. The van der Waals surface area contributed by atoms with Crippen molar-refractivity contribution in [1.29, 1.82) is 0 Å². The molecule has 8 heteroatoms. The van der Waals surface area contributed by atoms with E-state index in [9.17, 15) is 14.4 Å². The van der Waals surface area contributed by atoms with Gasteiger partial charge in [0.1, 0.15) is 29.6 Å². The molecule has 0 spiro atoms. The molecular formula is C20H25N3O5. The standard InChI is InChI=1S/C20H25N3O5/c1-3-27-20(26)16-13(2)28-18-17(16)19(25)23(12-22-18)11-15(24)21-10-9-14-7-5-4-6-8-14/h7,12H,3-6,8-11H2,1-2H3,(H,21,24). The van der Waals surface area contributed by atoms with Gasteiger partial charge in [-0.05, 0) is 46.0 Å². The number of carbonyl (C=O) groups excluding carboxylic acids is 2. The van der Waals surface area contributed by atoms with Crippen LogP contribution in [-0.4, -0.2) is 34.6 Å². The van der Waals surface area contributed by atoms with Crippen molar-refractivity contribution in [1.82, 2.24) is 14.9 Å². The van der Waals surface area contributed by atoms with Crippen molar-refractivity contribution in [2.45, 2.75) is 52.5 Å². The second-order valence-electron chi connectivity index (χ2n) is 6.82. The molecule has 2 aromatic rings. The first-order valence-electron chi connectivity index (χ1n) is 9.61. The van der Waals surface area contributed by atoms with E-state index in [0.29, 0.717) is 6.54 Å². The van der Waals surface area contributed by atoms with Gasteiger partial charge < -0.3 is 14.5 Å². The fourth-order valence-electron chi connectivity index (χ4n) is 3.40. The Kier molecular flexibility index (Phi) is 6.28. The highest BCUT2D eigenvalue weighted by atomic mass is 16.5. The predicted octanol–water partition coefficient (Wildman–Crippen LogP) is 2.48. The first-order valence-corrected chi connectivity index (χ1v) is 9.61. The molecule has 150 valence electrons. The Morgan fingerprint density at radius 3 is 2.89 bits per heavy atom. The number of esters is 1. The van der Waals surface area contributed by atoms with Gasteiger partial charge in [0.25, 0.3) is 5.56 Å². The maximum Gasteiger partial charge on any atom is 0.342 e. The zero-order valence-electron chi connectivity index (χ0n) is 16.2. The largest absolute Gasteiger partial charge is 0.462 e. The second-order valence-corrected chi connectivity index (χ2v) is 6.82. The van der Waals surface area contributed by atoms with Gasteiger partial charge in [-0.25, -0.2) is 9.78 Å². The van der Waals surface area contributed by atoms with Crippen LogP contribution >= 0.6 is 0 Å². The number of aromatic nitrogens is 2. The summed E-state index contributed by atoms with van der Waals surface area (Å²) >= 11 is 0. The van der Waals surface area contributed by atoms with E-state index in [-0.39, 0.29) is 41.5 Å². The molecule has 0 saturated carbocycles. The summed E-state index contributed by atoms with van der Waals surface area (Å²) in [5.74, 6) is -0.654. The number of ether oxygens (including phenoxy) is 1. The molecule has 28 heavy (non-hydrogen) atoms. The average molecular weight is 387 g/mol. The molecule has 3 rings (SSSR count). The molecule has 0 aliphatic heterocycles. The Balaban J connectivity index is 1.72. The van der Waals surface area contributed by atoms with Crippen LogP contribution in [-0.2, 0) is 16.1 Å². The quantitative estimate of drug-likeness (QED) is 0.578. The summed E-state index contributed by atoms with van der Waals surface area (Å²) < 4.78 is 11.6. The lowest BCUT2D eigenvalue weighted by molar-refractivity contribution is -0.121. The monoisotopic (exact) mass is 387 g/mol. The minimum absolute atomic E-state index is 0.0404. The third-order valence-corrected chi connectivity index (χ3v) is 4.80. The zero-order valence-corrected chi connectivity index (χ0v) is 16.2. The average Bonchev–Trinajstić information content (AvgIpc) is 3.02. The van der Waals surface area contributed by atoms with Gasteiger partial charge in [0.2, 0.25) is 11.6 Å². The van der Waals surface area contributed by atoms with Gasteiger partial charge in [0.05, 0.1) is 6.61 Å². The summed E-state index contributed by atoms with van der Waals surface area (Å²) in [6.45, 7) is 3.80. The number of nitrogens with zero attached hydrogens (tertiary/aromatic N) is 2. The Hall–Kier alpha value is -2.90. The summed E-state index contributed by atoms with van der Waals surface area (Å²) in [5.41, 5.74) is 0.995. The lowest BCUT2D eigenvalue weighted by Crippen LogP contribution is -2.33. The van der Waals surface area contributed by atoms with Crippen LogP contribution in [0.15, 0.2) is 27.2 Å². The van der Waals surface area contributed by atoms with Crippen molar-refractivity contribution < 1.29 is 18.7 Å². The molecule has 0 bridgehead atoms. The van der Waals surface area contributed by atoms with Crippen LogP contribution in [0.3, 0.4) is 0 Å². The molecule has 1 aliphatic rings. The minimum Gasteiger partial charge on any atom is -0.462 e. The van der Waals surface area contributed by atoms with Crippen molar-refractivity contribution in [2.75, 3.05) is 13.2 Å². The molecule has 0 fully saturated rings. The number of allylic oxidation sites excluding steroid dienone is 1. The highest BCUT2D eigenvalue weighted by Gasteiger charge is 2.24. The molecule has 8 nitrogen and oxygen atoms in total. The number of furan rings is 1. The van der Waals surface area contributed by atoms with Gasteiger partial charge in [-0.2, -0.15) is 0 Å². The lowest BCUT2D eigenvalue weighted by Gasteiger charge is -2.13. The summed E-state index contributed by atoms with van der Waals surface area (Å²) in [5, 5.41) is 2.87. The molecule has 1 aliphatic carbocycles. The summed E-state index contributed by atoms with van der Waals surface area (Å²) in [6.07, 6.45) is 8.96. The molecule has 1 N–H and O–H groups in total. The second kappa shape index (κ2) is 8.86. The third-order valence-electron chi connectivity index (χ3n) is 4.80. The highest BCUT2D eigenvalue weighted by molar-refractivity contribution is 6.03. The van der Waals surface area contributed by atoms with Gasteiger partial charge in [0.15, 0.2) is 0 Å². The number of hydrogen-bond acceptors (Lipinski definition) is 6. The molecule has 2 heterocycles. The van der Waals surface area contributed by atoms with Crippen molar-refractivity contribution >= 4 is 23.0 Å². The van der Waals surface area contributed by atoms with E-state index in [4.69, 9.17) is 9.15 Å². The summed E-state index contributed by atoms with van der Waals surface area (Å²) in [4.78, 5) is 41.3. The molecule has 0 unspecified atom stereocenters. The zero-order chi connectivity index (χ0) is 20.1. The first-order chi connectivity index (χ1) is 13.5. The van der Waals surface area contributed by atoms with Crippen molar-refractivity contribution in [3.63, 3.8) is 0 Å². The summed E-state index contributed by atoms with van der Waals surface area (Å²) in [7, 11) is 0. The maximum absolute atomic E-state index is 12.8. The van der Waals surface area contributed by atoms with Crippen LogP contribution in [0.5, 0.6) is 0 Å². The predicted molar refractivity (Wildman–Crippen MR) is 103 cm³/mol. The van der Waals surface area contributed by atoms with Crippen LogP contribution in [0.25, 0.3) is 11.1 Å². The number of hydrogen-bond donors (Lipinski definition) is 1. The Morgan fingerprint density at radius 2 is 2.18 bits per heavy atom. The van der Waals surface area contributed by atoms with Crippen molar-refractivity contribution in [3.05, 3.63) is 39.7 Å². The van der Waals surface area contributed by atoms with Crippen LogP contribution in [0.2, 0.25) is 0 Å². The number of rotatable bonds is 7. The number of carbonyl (C=O) groups is 2. The molecule has 0 radical (unpaired) electrons. The molecule has 0 saturated heterocycles. The van der Waals surface area contributed by atoms with E-state index < -0.39 is 11.5 Å². The SMILES string of the molecule is CCOC(=O)c1c(C)oc2ncn(CC(=O)NCCC3=CCCCC3)c(=O)c12. The van der Waals surface area contributed by atoms with Crippen LogP contribution < -0.4 is 10.9 Å². The van der Waals surface area contributed by atoms with E-state index in [1.165, 1.54) is 29.3 Å². The van der Waals surface area contributed by atoms with Gasteiger partial charge in [-0.1, -0.05) is 11.6 Å². The molecule has 2 aromatic heterocycles. The number of fused-ring (bicyclic) bond motifs is 1. The number of aryl methyl sites for hydroxylation is 1. The highest BCUT2D eigenvalue weighted by Crippen LogP contribution is 2.22. The Labute approximate surface area is 162 Å². The Morgan fingerprint density at radius 1 is 1.36 bits per heavy atom. The van der Waals surface area contributed by atoms with E-state index in [2.05, 4.69) is 16.4 Å². The van der Waals surface area contributed by atoms with E-state index >= 15 is 0 Å². The van der Waals surface area contributed by atoms with Gasteiger partial charge in [-0.3, -0.25) is 14.2 Å². The normalized spacial score (nSPS) is 14.0. The molecule has 1 amide bonds. The van der Waals surface area contributed by atoms with Crippen LogP contribution in [0.4, 0.5) is 0 Å². The molecule has 0 aromatic carbocycles. The molecular weight excluding hydrogens is 362 g/mol. The van der Waals surface area contributed by atoms with Gasteiger partial charge in [-0.15, -0.1) is 0 Å². The van der Waals surface area contributed by atoms with Crippen LogP contribution in [0, 0.1) is 6.92 Å². The fraction of sp³-hybridized carbons (Fsp3) is 0.500. The maximum atomic E-state index is 12.8. The van der Waals surface area contributed by atoms with Gasteiger partial charge >= 0.3 is 5.97 Å². The van der Waals surface area contributed by atoms with Crippen molar-refractivity contribution in [2.24, 2.45) is 0 Å². The smallest absolute Gasteiger partial charge is 0.342 e. The van der Waals surface area contributed by atoms with Gasteiger partial charge in [0, 0.05) is 6.54 Å². The number of amides is 1. The lowest BCUT2D eigenvalue weighted by atomic mass is 9.97. The van der Waals surface area contributed by atoms with Crippen molar-refractivity contribution in [3.8, 4) is 0 Å².